The molecule has 0 bridgehead atoms. The van der Waals surface area contributed by atoms with Crippen LogP contribution in [0.4, 0.5) is 0 Å². The van der Waals surface area contributed by atoms with Gasteiger partial charge in [0.05, 0.1) is 19.5 Å². The molecule has 3 fully saturated rings. The lowest BCUT2D eigenvalue weighted by Gasteiger charge is -2.31. The average molecular weight is 388 g/mol. The fraction of sp³-hybridized carbons (Fsp3) is 0.944. The van der Waals surface area contributed by atoms with Crippen molar-refractivity contribution in [2.75, 3.05) is 58.7 Å². The van der Waals surface area contributed by atoms with Gasteiger partial charge in [0.15, 0.2) is 0 Å². The molecule has 0 spiro atoms. The Bertz CT molecular complexity index is 571. The van der Waals surface area contributed by atoms with E-state index in [2.05, 4.69) is 4.90 Å². The minimum atomic E-state index is -3.28. The largest absolute Gasteiger partial charge is 0.379 e. The van der Waals surface area contributed by atoms with Gasteiger partial charge in [-0.25, -0.2) is 8.42 Å². The SMILES string of the molecule is CS(=O)(=O)N(CCN1CCOCC1)C1CCN(C(=O)CC2CCCC2)C1. The maximum absolute atomic E-state index is 12.6. The molecule has 2 aliphatic heterocycles. The first kappa shape index (κ1) is 20.0. The van der Waals surface area contributed by atoms with Crippen molar-refractivity contribution in [1.29, 1.82) is 0 Å². The first-order valence-electron chi connectivity index (χ1n) is 9.98. The van der Waals surface area contributed by atoms with Gasteiger partial charge in [0.25, 0.3) is 0 Å². The summed E-state index contributed by atoms with van der Waals surface area (Å²) in [5.41, 5.74) is 0. The van der Waals surface area contributed by atoms with Crippen LogP contribution in [0.5, 0.6) is 0 Å². The van der Waals surface area contributed by atoms with E-state index in [0.717, 1.165) is 38.9 Å². The van der Waals surface area contributed by atoms with Gasteiger partial charge in [-0.2, -0.15) is 4.31 Å². The quantitative estimate of drug-likeness (QED) is 0.645. The van der Waals surface area contributed by atoms with Gasteiger partial charge in [-0.3, -0.25) is 9.69 Å². The maximum atomic E-state index is 12.6. The zero-order chi connectivity index (χ0) is 18.6. The molecule has 8 heteroatoms. The lowest BCUT2D eigenvalue weighted by Crippen LogP contribution is -2.47. The molecule has 1 atom stereocenters. The van der Waals surface area contributed by atoms with Gasteiger partial charge in [-0.15, -0.1) is 0 Å². The number of sulfonamides is 1. The molecule has 1 unspecified atom stereocenters. The highest BCUT2D eigenvalue weighted by Gasteiger charge is 2.35. The number of rotatable bonds is 7. The van der Waals surface area contributed by atoms with Crippen LogP contribution in [-0.4, -0.2) is 93.2 Å². The van der Waals surface area contributed by atoms with Crippen LogP contribution in [0.1, 0.15) is 38.5 Å². The second-order valence-electron chi connectivity index (χ2n) is 7.96. The highest BCUT2D eigenvalue weighted by atomic mass is 32.2. The Morgan fingerprint density at radius 3 is 2.46 bits per heavy atom. The van der Waals surface area contributed by atoms with Crippen molar-refractivity contribution >= 4 is 15.9 Å². The van der Waals surface area contributed by atoms with Gasteiger partial charge in [0.1, 0.15) is 0 Å². The molecule has 2 saturated heterocycles. The molecule has 3 aliphatic rings. The number of nitrogens with zero attached hydrogens (tertiary/aromatic N) is 3. The van der Waals surface area contributed by atoms with Crippen LogP contribution in [0.25, 0.3) is 0 Å². The number of hydrogen-bond acceptors (Lipinski definition) is 5. The Balaban J connectivity index is 1.52. The Labute approximate surface area is 157 Å². The van der Waals surface area contributed by atoms with Gasteiger partial charge in [0, 0.05) is 51.7 Å². The normalized spacial score (nSPS) is 26.1. The van der Waals surface area contributed by atoms with E-state index in [-0.39, 0.29) is 11.9 Å². The van der Waals surface area contributed by atoms with E-state index in [1.54, 1.807) is 4.31 Å². The van der Waals surface area contributed by atoms with Crippen molar-refractivity contribution < 1.29 is 17.9 Å². The Kier molecular flexibility index (Phi) is 6.93. The van der Waals surface area contributed by atoms with Gasteiger partial charge < -0.3 is 9.64 Å². The van der Waals surface area contributed by atoms with E-state index in [4.69, 9.17) is 4.74 Å². The monoisotopic (exact) mass is 387 g/mol. The minimum absolute atomic E-state index is 0.0847. The Morgan fingerprint density at radius 1 is 1.12 bits per heavy atom. The van der Waals surface area contributed by atoms with Gasteiger partial charge in [-0.05, 0) is 25.2 Å². The van der Waals surface area contributed by atoms with Crippen molar-refractivity contribution in [3.8, 4) is 0 Å². The van der Waals surface area contributed by atoms with Crippen molar-refractivity contribution in [3.05, 3.63) is 0 Å². The smallest absolute Gasteiger partial charge is 0.222 e. The number of carbonyl (C=O) groups is 1. The van der Waals surface area contributed by atoms with Gasteiger partial charge in [0.2, 0.25) is 15.9 Å². The summed E-state index contributed by atoms with van der Waals surface area (Å²) in [6.07, 6.45) is 7.48. The number of likely N-dealkylation sites (tertiary alicyclic amines) is 1. The summed E-state index contributed by atoms with van der Waals surface area (Å²) in [7, 11) is -3.28. The van der Waals surface area contributed by atoms with Gasteiger partial charge >= 0.3 is 0 Å². The third-order valence-electron chi connectivity index (χ3n) is 6.03. The molecule has 0 aromatic heterocycles. The Hall–Kier alpha value is -0.700. The van der Waals surface area contributed by atoms with Crippen LogP contribution in [0.2, 0.25) is 0 Å². The summed E-state index contributed by atoms with van der Waals surface area (Å²) in [6.45, 7) is 5.58. The molecular formula is C18H33N3O4S. The molecule has 26 heavy (non-hydrogen) atoms. The highest BCUT2D eigenvalue weighted by molar-refractivity contribution is 7.88. The molecule has 1 amide bonds. The molecular weight excluding hydrogens is 354 g/mol. The van der Waals surface area contributed by atoms with E-state index < -0.39 is 10.0 Å². The predicted molar refractivity (Wildman–Crippen MR) is 100 cm³/mol. The van der Waals surface area contributed by atoms with E-state index in [9.17, 15) is 13.2 Å². The van der Waals surface area contributed by atoms with Gasteiger partial charge in [-0.1, -0.05) is 12.8 Å². The van der Waals surface area contributed by atoms with Crippen LogP contribution in [-0.2, 0) is 19.6 Å². The topological polar surface area (TPSA) is 70.2 Å². The van der Waals surface area contributed by atoms with Crippen LogP contribution in [0, 0.1) is 5.92 Å². The van der Waals surface area contributed by atoms with E-state index in [0.29, 0.717) is 45.2 Å². The van der Waals surface area contributed by atoms with E-state index in [1.165, 1.54) is 19.1 Å². The minimum Gasteiger partial charge on any atom is -0.379 e. The number of amides is 1. The maximum Gasteiger partial charge on any atom is 0.222 e. The van der Waals surface area contributed by atoms with Crippen LogP contribution in [0.3, 0.4) is 0 Å². The van der Waals surface area contributed by atoms with Crippen molar-refractivity contribution in [1.82, 2.24) is 14.1 Å². The summed E-state index contributed by atoms with van der Waals surface area (Å²) in [5, 5.41) is 0. The van der Waals surface area contributed by atoms with Crippen LogP contribution in [0.15, 0.2) is 0 Å². The van der Waals surface area contributed by atoms with E-state index in [1.807, 2.05) is 4.90 Å². The lowest BCUT2D eigenvalue weighted by molar-refractivity contribution is -0.131. The number of carbonyl (C=O) groups excluding carboxylic acids is 1. The fourth-order valence-electron chi connectivity index (χ4n) is 4.48. The molecule has 0 aromatic carbocycles. The summed E-state index contributed by atoms with van der Waals surface area (Å²) in [5.74, 6) is 0.745. The molecule has 150 valence electrons. The first-order valence-corrected chi connectivity index (χ1v) is 11.8. The third kappa shape index (κ3) is 5.41. The molecule has 3 rings (SSSR count). The molecule has 0 aromatic rings. The number of ether oxygens (including phenoxy) is 1. The van der Waals surface area contributed by atoms with Crippen molar-refractivity contribution in [3.63, 3.8) is 0 Å². The zero-order valence-corrected chi connectivity index (χ0v) is 16.8. The second kappa shape index (κ2) is 8.99. The zero-order valence-electron chi connectivity index (χ0n) is 15.9. The fourth-order valence-corrected chi connectivity index (χ4v) is 5.60. The van der Waals surface area contributed by atoms with Crippen LogP contribution >= 0.6 is 0 Å². The Morgan fingerprint density at radius 2 is 1.81 bits per heavy atom. The summed E-state index contributed by atoms with van der Waals surface area (Å²) >= 11 is 0. The summed E-state index contributed by atoms with van der Waals surface area (Å²) < 4.78 is 31.6. The third-order valence-corrected chi connectivity index (χ3v) is 7.36. The van der Waals surface area contributed by atoms with Crippen molar-refractivity contribution in [2.45, 2.75) is 44.6 Å². The van der Waals surface area contributed by atoms with Crippen molar-refractivity contribution in [2.24, 2.45) is 5.92 Å². The molecule has 0 N–H and O–H groups in total. The molecule has 1 saturated carbocycles. The lowest BCUT2D eigenvalue weighted by atomic mass is 10.0. The molecule has 1 aliphatic carbocycles. The number of morpholine rings is 1. The first-order chi connectivity index (χ1) is 12.4. The van der Waals surface area contributed by atoms with Crippen LogP contribution < -0.4 is 0 Å². The van der Waals surface area contributed by atoms with E-state index >= 15 is 0 Å². The summed E-state index contributed by atoms with van der Waals surface area (Å²) in [6, 6.07) is -0.0847. The average Bonchev–Trinajstić information content (AvgIpc) is 3.27. The highest BCUT2D eigenvalue weighted by Crippen LogP contribution is 2.29. The standard InChI is InChI=1S/C18H33N3O4S/c1-26(23,24)21(9-8-19-10-12-25-13-11-19)17-6-7-20(15-17)18(22)14-16-4-2-3-5-16/h16-17H,2-15H2,1H3. The predicted octanol–water partition coefficient (Wildman–Crippen LogP) is 0.761. The second-order valence-corrected chi connectivity index (χ2v) is 9.90. The molecule has 7 nitrogen and oxygen atoms in total. The summed E-state index contributed by atoms with van der Waals surface area (Å²) in [4.78, 5) is 16.7. The number of hydrogen-bond donors (Lipinski definition) is 0. The molecule has 2 heterocycles. The molecule has 0 radical (unpaired) electrons.